The van der Waals surface area contributed by atoms with Crippen LogP contribution in [0.5, 0.6) is 5.75 Å². The van der Waals surface area contributed by atoms with Crippen LogP contribution in [-0.2, 0) is 14.9 Å². The molecule has 0 saturated heterocycles. The number of ether oxygens (including phenoxy) is 3. The van der Waals surface area contributed by atoms with E-state index in [4.69, 9.17) is 14.2 Å². The van der Waals surface area contributed by atoms with Crippen molar-refractivity contribution in [2.45, 2.75) is 116 Å². The van der Waals surface area contributed by atoms with E-state index in [2.05, 4.69) is 6.92 Å². The summed E-state index contributed by atoms with van der Waals surface area (Å²) in [5.74, 6) is -0.350. The first-order valence-electron chi connectivity index (χ1n) is 16.8. The maximum absolute atomic E-state index is 15.5. The molecule has 6 unspecified atom stereocenters. The molecule has 0 N–H and O–H groups in total. The molecular formula is C36H50F4O3. The molecule has 3 saturated carbocycles. The Morgan fingerprint density at radius 3 is 2.21 bits per heavy atom. The monoisotopic (exact) mass is 606 g/mol. The predicted molar refractivity (Wildman–Crippen MR) is 161 cm³/mol. The molecule has 0 amide bonds. The van der Waals surface area contributed by atoms with Crippen molar-refractivity contribution >= 4 is 0 Å². The Balaban J connectivity index is 1.09. The third-order valence-electron chi connectivity index (χ3n) is 11.0. The van der Waals surface area contributed by atoms with Gasteiger partial charge in [0.2, 0.25) is 5.82 Å². The van der Waals surface area contributed by atoms with Crippen LogP contribution < -0.4 is 4.74 Å². The van der Waals surface area contributed by atoms with E-state index in [1.165, 1.54) is 89.0 Å². The lowest BCUT2D eigenvalue weighted by Crippen LogP contribution is -2.37. The van der Waals surface area contributed by atoms with Crippen LogP contribution in [-0.4, -0.2) is 32.1 Å². The van der Waals surface area contributed by atoms with E-state index in [9.17, 15) is 8.78 Å². The summed E-state index contributed by atoms with van der Waals surface area (Å²) in [6.07, 6.45) is 15.6. The SMILES string of the molecule is CCCCOC1CCC2CC(C3CCC(COC4=C(F)C(F)C(C)(c5ccc(OCC)c(F)c5F)C=C4)CC3)CCC2C1. The van der Waals surface area contributed by atoms with E-state index in [1.807, 2.05) is 0 Å². The summed E-state index contributed by atoms with van der Waals surface area (Å²) in [6, 6.07) is 2.52. The summed E-state index contributed by atoms with van der Waals surface area (Å²) in [5.41, 5.74) is -1.96. The Kier molecular flexibility index (Phi) is 10.8. The van der Waals surface area contributed by atoms with Crippen molar-refractivity contribution < 1.29 is 31.8 Å². The van der Waals surface area contributed by atoms with E-state index >= 15 is 8.78 Å². The van der Waals surface area contributed by atoms with Gasteiger partial charge in [-0.1, -0.05) is 25.5 Å². The lowest BCUT2D eigenvalue weighted by Gasteiger charge is -2.45. The highest BCUT2D eigenvalue weighted by molar-refractivity contribution is 5.44. The lowest BCUT2D eigenvalue weighted by atomic mass is 9.62. The molecule has 3 nitrogen and oxygen atoms in total. The molecule has 0 spiro atoms. The number of benzene rings is 1. The van der Waals surface area contributed by atoms with E-state index in [-0.39, 0.29) is 23.7 Å². The molecular weight excluding hydrogens is 556 g/mol. The minimum Gasteiger partial charge on any atom is -0.491 e. The van der Waals surface area contributed by atoms with Gasteiger partial charge >= 0.3 is 0 Å². The number of unbranched alkanes of at least 4 members (excludes halogenated alkanes) is 1. The van der Waals surface area contributed by atoms with Gasteiger partial charge in [0.1, 0.15) is 0 Å². The number of fused-ring (bicyclic) bond motifs is 1. The smallest absolute Gasteiger partial charge is 0.200 e. The summed E-state index contributed by atoms with van der Waals surface area (Å²) in [6.45, 7) is 6.64. The molecule has 0 aromatic heterocycles. The lowest BCUT2D eigenvalue weighted by molar-refractivity contribution is -0.0268. The number of alkyl halides is 1. The summed E-state index contributed by atoms with van der Waals surface area (Å²) in [7, 11) is 0. The number of rotatable bonds is 11. The number of allylic oxidation sites excluding steroid dienone is 3. The second-order valence-electron chi connectivity index (χ2n) is 13.7. The minimum atomic E-state index is -2.19. The third kappa shape index (κ3) is 7.12. The Labute approximate surface area is 255 Å². The maximum Gasteiger partial charge on any atom is 0.200 e. The van der Waals surface area contributed by atoms with E-state index in [1.54, 1.807) is 6.92 Å². The van der Waals surface area contributed by atoms with Crippen LogP contribution in [0.25, 0.3) is 0 Å². The average Bonchev–Trinajstić information content (AvgIpc) is 3.02. The highest BCUT2D eigenvalue weighted by Gasteiger charge is 2.44. The number of hydrogen-bond acceptors (Lipinski definition) is 3. The molecule has 3 fully saturated rings. The standard InChI is InChI=1S/C36H50F4O3/c1-4-6-19-42-28-14-13-26-20-25(11-12-27(26)21-28)24-9-7-23(8-10-24)22-43-31-17-18-36(3,35(40)34(31)39)29-15-16-30(41-5-2)33(38)32(29)37/h15-18,23-28,35H,4-14,19-22H2,1-3H3. The van der Waals surface area contributed by atoms with Gasteiger partial charge in [0.25, 0.3) is 0 Å². The molecule has 1 aromatic rings. The van der Waals surface area contributed by atoms with Crippen molar-refractivity contribution in [1.29, 1.82) is 0 Å². The maximum atomic E-state index is 15.5. The Bertz CT molecular complexity index is 1140. The fourth-order valence-corrected chi connectivity index (χ4v) is 8.25. The fourth-order valence-electron chi connectivity index (χ4n) is 8.25. The molecule has 4 aliphatic rings. The summed E-state index contributed by atoms with van der Waals surface area (Å²) >= 11 is 0. The van der Waals surface area contributed by atoms with Crippen LogP contribution >= 0.6 is 0 Å². The van der Waals surface area contributed by atoms with Crippen LogP contribution in [0.15, 0.2) is 35.9 Å². The molecule has 4 aliphatic carbocycles. The van der Waals surface area contributed by atoms with Crippen molar-refractivity contribution in [1.82, 2.24) is 0 Å². The van der Waals surface area contributed by atoms with Crippen LogP contribution in [0.4, 0.5) is 17.6 Å². The minimum absolute atomic E-state index is 0.147. The second-order valence-corrected chi connectivity index (χ2v) is 13.7. The first-order chi connectivity index (χ1) is 20.7. The molecule has 1 aromatic carbocycles. The topological polar surface area (TPSA) is 27.7 Å². The first-order valence-corrected chi connectivity index (χ1v) is 16.8. The van der Waals surface area contributed by atoms with E-state index in [0.29, 0.717) is 18.6 Å². The fraction of sp³-hybridized carbons (Fsp3) is 0.722. The van der Waals surface area contributed by atoms with Gasteiger partial charge in [0.05, 0.1) is 24.7 Å². The molecule has 240 valence electrons. The van der Waals surface area contributed by atoms with Crippen LogP contribution in [0, 0.1) is 41.2 Å². The van der Waals surface area contributed by atoms with Gasteiger partial charge in [-0.25, -0.2) is 13.2 Å². The van der Waals surface area contributed by atoms with Gasteiger partial charge in [0, 0.05) is 12.2 Å². The second kappa shape index (κ2) is 14.4. The zero-order valence-corrected chi connectivity index (χ0v) is 26.2. The van der Waals surface area contributed by atoms with Crippen LogP contribution in [0.3, 0.4) is 0 Å². The zero-order valence-electron chi connectivity index (χ0n) is 26.2. The van der Waals surface area contributed by atoms with Gasteiger partial charge in [0.15, 0.2) is 29.3 Å². The molecule has 7 heteroatoms. The normalized spacial score (nSPS) is 34.6. The first kappa shape index (κ1) is 32.4. The van der Waals surface area contributed by atoms with Crippen molar-refractivity contribution in [3.05, 3.63) is 53.1 Å². The van der Waals surface area contributed by atoms with Crippen LogP contribution in [0.2, 0.25) is 0 Å². The highest BCUT2D eigenvalue weighted by Crippen LogP contribution is 2.49. The van der Waals surface area contributed by atoms with E-state index in [0.717, 1.165) is 49.5 Å². The largest absolute Gasteiger partial charge is 0.491 e. The Morgan fingerprint density at radius 2 is 1.49 bits per heavy atom. The van der Waals surface area contributed by atoms with Crippen LogP contribution in [0.1, 0.15) is 103 Å². The zero-order chi connectivity index (χ0) is 30.6. The molecule has 0 bridgehead atoms. The van der Waals surface area contributed by atoms with Gasteiger partial charge < -0.3 is 14.2 Å². The van der Waals surface area contributed by atoms with Gasteiger partial charge in [-0.05, 0) is 126 Å². The molecule has 5 rings (SSSR count). The Hall–Kier alpha value is -2.02. The quantitative estimate of drug-likeness (QED) is 0.185. The van der Waals surface area contributed by atoms with Crippen molar-refractivity contribution in [2.75, 3.05) is 19.8 Å². The average molecular weight is 607 g/mol. The molecule has 0 heterocycles. The number of hydrogen-bond donors (Lipinski definition) is 0. The van der Waals surface area contributed by atoms with E-state index < -0.39 is 29.0 Å². The molecule has 43 heavy (non-hydrogen) atoms. The summed E-state index contributed by atoms with van der Waals surface area (Å²) < 4.78 is 77.2. The summed E-state index contributed by atoms with van der Waals surface area (Å²) in [4.78, 5) is 0. The third-order valence-corrected chi connectivity index (χ3v) is 11.0. The van der Waals surface area contributed by atoms with Crippen molar-refractivity contribution in [3.8, 4) is 5.75 Å². The summed E-state index contributed by atoms with van der Waals surface area (Å²) in [5, 5.41) is 0. The number of halogens is 4. The molecule has 0 radical (unpaired) electrons. The predicted octanol–water partition coefficient (Wildman–Crippen LogP) is 9.93. The molecule has 6 atom stereocenters. The van der Waals surface area contributed by atoms with Crippen molar-refractivity contribution in [2.24, 2.45) is 29.6 Å². The highest BCUT2D eigenvalue weighted by atomic mass is 19.2. The van der Waals surface area contributed by atoms with Gasteiger partial charge in [-0.15, -0.1) is 0 Å². The van der Waals surface area contributed by atoms with Gasteiger partial charge in [-0.3, -0.25) is 0 Å². The molecule has 0 aliphatic heterocycles. The van der Waals surface area contributed by atoms with Crippen molar-refractivity contribution in [3.63, 3.8) is 0 Å². The Morgan fingerprint density at radius 1 is 0.814 bits per heavy atom. The van der Waals surface area contributed by atoms with Gasteiger partial charge in [-0.2, -0.15) is 4.39 Å².